The van der Waals surface area contributed by atoms with Crippen LogP contribution in [0.15, 0.2) is 24.3 Å². The van der Waals surface area contributed by atoms with Crippen LogP contribution < -0.4 is 5.32 Å². The minimum absolute atomic E-state index is 0.128. The molecule has 1 aromatic rings. The van der Waals surface area contributed by atoms with Crippen molar-refractivity contribution in [2.75, 3.05) is 19.6 Å². The van der Waals surface area contributed by atoms with Gasteiger partial charge in [0.1, 0.15) is 0 Å². The summed E-state index contributed by atoms with van der Waals surface area (Å²) in [4.78, 5) is 15.0. The molecule has 1 aromatic carbocycles. The van der Waals surface area contributed by atoms with Crippen LogP contribution in [0.4, 0.5) is 0 Å². The van der Waals surface area contributed by atoms with Crippen molar-refractivity contribution in [2.24, 2.45) is 11.3 Å². The lowest BCUT2D eigenvalue weighted by molar-refractivity contribution is -0.128. The number of carbonyl (C=O) groups is 1. The zero-order chi connectivity index (χ0) is 16.7. The average Bonchev–Trinajstić information content (AvgIpc) is 3.20. The van der Waals surface area contributed by atoms with E-state index in [1.54, 1.807) is 0 Å². The van der Waals surface area contributed by atoms with Crippen molar-refractivity contribution < 1.29 is 4.79 Å². The number of nitrogens with zero attached hydrogens (tertiary/aromatic N) is 1. The zero-order valence-corrected chi connectivity index (χ0v) is 15.1. The van der Waals surface area contributed by atoms with Crippen LogP contribution >= 0.6 is 11.6 Å². The Morgan fingerprint density at radius 3 is 2.70 bits per heavy atom. The van der Waals surface area contributed by atoms with Gasteiger partial charge in [-0.1, -0.05) is 30.7 Å². The fourth-order valence-corrected chi connectivity index (χ4v) is 3.86. The number of likely N-dealkylation sites (tertiary alicyclic amines) is 1. The molecular weight excluding hydrogens is 308 g/mol. The maximum Gasteiger partial charge on any atom is 0.221 e. The van der Waals surface area contributed by atoms with Gasteiger partial charge in [0, 0.05) is 36.5 Å². The van der Waals surface area contributed by atoms with Crippen molar-refractivity contribution in [1.29, 1.82) is 0 Å². The highest BCUT2D eigenvalue weighted by Crippen LogP contribution is 2.38. The minimum Gasteiger partial charge on any atom is -0.347 e. The normalized spacial score (nSPS) is 20.9. The average molecular weight is 335 g/mol. The van der Waals surface area contributed by atoms with Gasteiger partial charge in [-0.05, 0) is 50.3 Å². The first kappa shape index (κ1) is 16.8. The molecule has 3 nitrogen and oxygen atoms in total. The van der Waals surface area contributed by atoms with Crippen molar-refractivity contribution in [3.05, 3.63) is 34.9 Å². The quantitative estimate of drug-likeness (QED) is 0.858. The number of hydrogen-bond donors (Lipinski definition) is 1. The summed E-state index contributed by atoms with van der Waals surface area (Å²) < 4.78 is 0. The summed E-state index contributed by atoms with van der Waals surface area (Å²) in [5, 5.41) is 3.88. The third kappa shape index (κ3) is 4.27. The Bertz CT molecular complexity index is 589. The van der Waals surface area contributed by atoms with Crippen molar-refractivity contribution >= 4 is 17.5 Å². The van der Waals surface area contributed by atoms with Gasteiger partial charge in [-0.15, -0.1) is 0 Å². The number of nitrogens with one attached hydrogen (secondary N) is 1. The molecule has 3 rings (SSSR count). The molecule has 1 aliphatic carbocycles. The summed E-state index contributed by atoms with van der Waals surface area (Å²) in [6.45, 7) is 9.61. The third-order valence-corrected chi connectivity index (χ3v) is 5.24. The second kappa shape index (κ2) is 6.10. The summed E-state index contributed by atoms with van der Waals surface area (Å²) in [6.07, 6.45) is 3.38. The van der Waals surface area contributed by atoms with Gasteiger partial charge in [0.2, 0.25) is 5.91 Å². The Morgan fingerprint density at radius 1 is 1.39 bits per heavy atom. The first-order valence-electron chi connectivity index (χ1n) is 8.55. The molecule has 0 aromatic heterocycles. The minimum atomic E-state index is -0.407. The van der Waals surface area contributed by atoms with Gasteiger partial charge >= 0.3 is 0 Å². The lowest BCUT2D eigenvalue weighted by Crippen LogP contribution is -2.57. The van der Waals surface area contributed by atoms with Gasteiger partial charge in [-0.2, -0.15) is 0 Å². The Balaban J connectivity index is 1.52. The monoisotopic (exact) mass is 334 g/mol. The predicted molar refractivity (Wildman–Crippen MR) is 94.5 cm³/mol. The Labute approximate surface area is 144 Å². The smallest absolute Gasteiger partial charge is 0.221 e. The highest BCUT2D eigenvalue weighted by atomic mass is 35.5. The topological polar surface area (TPSA) is 32.3 Å². The molecule has 1 amide bonds. The molecule has 1 aliphatic heterocycles. The van der Waals surface area contributed by atoms with Crippen LogP contribution in [0.1, 0.15) is 45.6 Å². The fraction of sp³-hybridized carbons (Fsp3) is 0.632. The number of halogens is 1. The Kier molecular flexibility index (Phi) is 4.45. The number of hydrogen-bond acceptors (Lipinski definition) is 2. The van der Waals surface area contributed by atoms with E-state index in [0.717, 1.165) is 24.6 Å². The molecule has 1 N–H and O–H groups in total. The summed E-state index contributed by atoms with van der Waals surface area (Å²) in [7, 11) is 0. The standard InChI is InChI=1S/C19H27ClN2O/c1-18(2,15-5-4-6-16(20)9-15)21-17(23)10-19(3)12-22(13-19)11-14-7-8-14/h4-6,9,14H,7-8,10-13H2,1-3H3,(H,21,23). The summed E-state index contributed by atoms with van der Waals surface area (Å²) in [5.74, 6) is 1.05. The van der Waals surface area contributed by atoms with Crippen LogP contribution in [-0.4, -0.2) is 30.4 Å². The van der Waals surface area contributed by atoms with E-state index in [4.69, 9.17) is 11.6 Å². The maximum atomic E-state index is 12.5. The van der Waals surface area contributed by atoms with Gasteiger partial charge in [-0.3, -0.25) is 4.79 Å². The van der Waals surface area contributed by atoms with Gasteiger partial charge in [-0.25, -0.2) is 0 Å². The number of amides is 1. The van der Waals surface area contributed by atoms with E-state index in [0.29, 0.717) is 11.4 Å². The Hall–Kier alpha value is -1.06. The summed E-state index contributed by atoms with van der Waals surface area (Å²) in [6, 6.07) is 7.71. The maximum absolute atomic E-state index is 12.5. The molecule has 1 heterocycles. The van der Waals surface area contributed by atoms with Gasteiger partial charge in [0.05, 0.1) is 5.54 Å². The largest absolute Gasteiger partial charge is 0.347 e. The SMILES string of the molecule is CC1(CC(=O)NC(C)(C)c2cccc(Cl)c2)CN(CC2CC2)C1. The third-order valence-electron chi connectivity index (χ3n) is 5.01. The first-order valence-corrected chi connectivity index (χ1v) is 8.93. The van der Waals surface area contributed by atoms with Gasteiger partial charge in [0.25, 0.3) is 0 Å². The number of benzene rings is 1. The van der Waals surface area contributed by atoms with E-state index in [2.05, 4.69) is 17.1 Å². The molecule has 1 saturated carbocycles. The zero-order valence-electron chi connectivity index (χ0n) is 14.4. The van der Waals surface area contributed by atoms with Crippen LogP contribution in [0.2, 0.25) is 5.02 Å². The van der Waals surface area contributed by atoms with E-state index in [1.807, 2.05) is 38.1 Å². The Morgan fingerprint density at radius 2 is 2.09 bits per heavy atom. The van der Waals surface area contributed by atoms with E-state index < -0.39 is 5.54 Å². The molecule has 0 spiro atoms. The fourth-order valence-electron chi connectivity index (χ4n) is 3.67. The molecule has 2 fully saturated rings. The van der Waals surface area contributed by atoms with Crippen molar-refractivity contribution in [3.8, 4) is 0 Å². The van der Waals surface area contributed by atoms with Crippen LogP contribution in [0.25, 0.3) is 0 Å². The molecule has 0 bridgehead atoms. The molecular formula is C19H27ClN2O. The molecule has 2 aliphatic rings. The molecule has 1 saturated heterocycles. The number of rotatable bonds is 6. The number of carbonyl (C=O) groups excluding carboxylic acids is 1. The highest BCUT2D eigenvalue weighted by Gasteiger charge is 2.42. The van der Waals surface area contributed by atoms with E-state index in [1.165, 1.54) is 19.4 Å². The van der Waals surface area contributed by atoms with Crippen molar-refractivity contribution in [2.45, 2.75) is 45.6 Å². The van der Waals surface area contributed by atoms with E-state index in [-0.39, 0.29) is 11.3 Å². The molecule has 0 unspecified atom stereocenters. The van der Waals surface area contributed by atoms with Crippen LogP contribution in [0.5, 0.6) is 0 Å². The van der Waals surface area contributed by atoms with E-state index in [9.17, 15) is 4.79 Å². The lowest BCUT2D eigenvalue weighted by atomic mass is 9.78. The molecule has 23 heavy (non-hydrogen) atoms. The highest BCUT2D eigenvalue weighted by molar-refractivity contribution is 6.30. The molecule has 126 valence electrons. The van der Waals surface area contributed by atoms with Crippen LogP contribution in [0.3, 0.4) is 0 Å². The predicted octanol–water partition coefficient (Wildman–Crippen LogP) is 3.81. The van der Waals surface area contributed by atoms with Crippen molar-refractivity contribution in [1.82, 2.24) is 10.2 Å². The van der Waals surface area contributed by atoms with E-state index >= 15 is 0 Å². The summed E-state index contributed by atoms with van der Waals surface area (Å²) >= 11 is 6.07. The van der Waals surface area contributed by atoms with Gasteiger partial charge < -0.3 is 10.2 Å². The van der Waals surface area contributed by atoms with Crippen LogP contribution in [0, 0.1) is 11.3 Å². The molecule has 0 radical (unpaired) electrons. The lowest BCUT2D eigenvalue weighted by Gasteiger charge is -2.48. The second-order valence-electron chi connectivity index (χ2n) is 8.28. The first-order chi connectivity index (χ1) is 10.8. The summed E-state index contributed by atoms with van der Waals surface area (Å²) in [5.41, 5.74) is 0.756. The second-order valence-corrected chi connectivity index (χ2v) is 8.72. The molecule has 0 atom stereocenters. The van der Waals surface area contributed by atoms with Gasteiger partial charge in [0.15, 0.2) is 0 Å². The molecule has 4 heteroatoms. The van der Waals surface area contributed by atoms with Crippen molar-refractivity contribution in [3.63, 3.8) is 0 Å². The van der Waals surface area contributed by atoms with Crippen LogP contribution in [-0.2, 0) is 10.3 Å².